The van der Waals surface area contributed by atoms with E-state index in [1.807, 2.05) is 37.3 Å². The molecule has 35 heavy (non-hydrogen) atoms. The molecule has 0 bridgehead atoms. The van der Waals surface area contributed by atoms with Crippen LogP contribution in [0, 0.1) is 6.92 Å². The number of carbonyl (C=O) groups excluding carboxylic acids is 2. The monoisotopic (exact) mass is 472 g/mol. The Morgan fingerprint density at radius 2 is 1.26 bits per heavy atom. The zero-order valence-corrected chi connectivity index (χ0v) is 19.2. The molecule has 0 atom stereocenters. The average molecular weight is 472 g/mol. The summed E-state index contributed by atoms with van der Waals surface area (Å²) in [6.07, 6.45) is 0. The number of aromatic nitrogens is 2. The molecule has 0 spiro atoms. The molecule has 0 unspecified atom stereocenters. The predicted molar refractivity (Wildman–Crippen MR) is 129 cm³/mol. The number of rotatable bonds is 10. The molecule has 0 saturated heterocycles. The van der Waals surface area contributed by atoms with Crippen molar-refractivity contribution in [2.24, 2.45) is 0 Å². The van der Waals surface area contributed by atoms with Crippen molar-refractivity contribution in [2.45, 2.75) is 6.92 Å². The average Bonchev–Trinajstić information content (AvgIpc) is 2.90. The Morgan fingerprint density at radius 3 is 1.86 bits per heavy atom. The van der Waals surface area contributed by atoms with Crippen LogP contribution in [0.4, 0.5) is 0 Å². The number of aryl methyl sites for hydroxylation is 1. The Bertz CT molecular complexity index is 1300. The van der Waals surface area contributed by atoms with Gasteiger partial charge in [0.1, 0.15) is 26.4 Å². The minimum atomic E-state index is -0.432. The first-order valence-electron chi connectivity index (χ1n) is 11.1. The number of nitrogens with zero attached hydrogens (tertiary/aromatic N) is 2. The molecule has 8 nitrogen and oxygen atoms in total. The maximum absolute atomic E-state index is 12.1. The van der Waals surface area contributed by atoms with Gasteiger partial charge < -0.3 is 18.9 Å². The van der Waals surface area contributed by atoms with Crippen molar-refractivity contribution in [3.05, 3.63) is 95.6 Å². The van der Waals surface area contributed by atoms with E-state index in [1.165, 1.54) is 0 Å². The zero-order valence-electron chi connectivity index (χ0n) is 19.2. The molecular formula is C27H24N2O6. The van der Waals surface area contributed by atoms with Crippen molar-refractivity contribution < 1.29 is 28.5 Å². The quantitative estimate of drug-likeness (QED) is 0.247. The molecule has 4 rings (SSSR count). The van der Waals surface area contributed by atoms with Crippen LogP contribution in [0.25, 0.3) is 10.9 Å². The first-order chi connectivity index (χ1) is 17.1. The molecule has 0 amide bonds. The summed E-state index contributed by atoms with van der Waals surface area (Å²) in [4.78, 5) is 32.9. The predicted octanol–water partition coefficient (Wildman–Crippen LogP) is 4.41. The van der Waals surface area contributed by atoms with Gasteiger partial charge in [0.05, 0.1) is 22.0 Å². The van der Waals surface area contributed by atoms with Crippen LogP contribution in [-0.4, -0.2) is 48.3 Å². The molecular weight excluding hydrogens is 448 g/mol. The second-order valence-electron chi connectivity index (χ2n) is 7.53. The molecule has 0 fully saturated rings. The number of ether oxygens (including phenoxy) is 4. The van der Waals surface area contributed by atoms with Gasteiger partial charge >= 0.3 is 17.9 Å². The fourth-order valence-electron chi connectivity index (χ4n) is 3.22. The maximum atomic E-state index is 12.1. The van der Waals surface area contributed by atoms with Gasteiger partial charge in [-0.1, -0.05) is 48.0 Å². The summed E-state index contributed by atoms with van der Waals surface area (Å²) in [5, 5.41) is 0.710. The standard InChI is InChI=1S/C27H24N2O6/c1-19-12-13-23-22(18-19)24(32-14-15-33-25(30)20-8-4-2-5-9-20)29-27(28-23)35-17-16-34-26(31)21-10-6-3-7-11-21/h2-13,18H,14-17H2,1H3. The number of carbonyl (C=O) groups is 2. The van der Waals surface area contributed by atoms with Crippen molar-refractivity contribution in [1.29, 1.82) is 0 Å². The lowest BCUT2D eigenvalue weighted by Crippen LogP contribution is -2.14. The van der Waals surface area contributed by atoms with Crippen LogP contribution in [0.15, 0.2) is 78.9 Å². The van der Waals surface area contributed by atoms with E-state index in [0.29, 0.717) is 27.9 Å². The van der Waals surface area contributed by atoms with Crippen LogP contribution in [0.5, 0.6) is 11.9 Å². The number of benzene rings is 3. The molecule has 0 aliphatic rings. The van der Waals surface area contributed by atoms with Crippen molar-refractivity contribution in [2.75, 3.05) is 26.4 Å². The van der Waals surface area contributed by atoms with Crippen molar-refractivity contribution >= 4 is 22.8 Å². The molecule has 4 aromatic rings. The largest absolute Gasteiger partial charge is 0.473 e. The first-order valence-corrected chi connectivity index (χ1v) is 11.1. The highest BCUT2D eigenvalue weighted by atomic mass is 16.6. The third-order valence-electron chi connectivity index (χ3n) is 4.92. The van der Waals surface area contributed by atoms with Crippen molar-refractivity contribution in [3.8, 4) is 11.9 Å². The Hall–Kier alpha value is -4.46. The highest BCUT2D eigenvalue weighted by Crippen LogP contribution is 2.26. The van der Waals surface area contributed by atoms with Crippen LogP contribution in [0.1, 0.15) is 26.3 Å². The van der Waals surface area contributed by atoms with Gasteiger partial charge in [0, 0.05) is 0 Å². The van der Waals surface area contributed by atoms with E-state index in [0.717, 1.165) is 5.56 Å². The molecule has 0 aliphatic heterocycles. The SMILES string of the molecule is Cc1ccc2nc(OCCOC(=O)c3ccccc3)nc(OCCOC(=O)c3ccccc3)c2c1. The van der Waals surface area contributed by atoms with Crippen LogP contribution < -0.4 is 9.47 Å². The Balaban J connectivity index is 1.35. The smallest absolute Gasteiger partial charge is 0.338 e. The minimum absolute atomic E-state index is 0.0364. The van der Waals surface area contributed by atoms with Crippen LogP contribution >= 0.6 is 0 Å². The zero-order chi connectivity index (χ0) is 24.5. The number of hydrogen-bond donors (Lipinski definition) is 0. The Morgan fingerprint density at radius 1 is 0.686 bits per heavy atom. The summed E-state index contributed by atoms with van der Waals surface area (Å²) in [7, 11) is 0. The minimum Gasteiger partial charge on any atom is -0.473 e. The van der Waals surface area contributed by atoms with E-state index >= 15 is 0 Å². The Labute approximate surface area is 202 Å². The summed E-state index contributed by atoms with van der Waals surface area (Å²) in [5.74, 6) is -0.546. The molecule has 8 heteroatoms. The summed E-state index contributed by atoms with van der Waals surface area (Å²) in [6, 6.07) is 23.2. The molecule has 3 aromatic carbocycles. The van der Waals surface area contributed by atoms with Crippen molar-refractivity contribution in [1.82, 2.24) is 9.97 Å². The van der Waals surface area contributed by atoms with Crippen LogP contribution in [0.3, 0.4) is 0 Å². The van der Waals surface area contributed by atoms with Crippen LogP contribution in [-0.2, 0) is 9.47 Å². The molecule has 0 radical (unpaired) electrons. The van der Waals surface area contributed by atoms with Crippen LogP contribution in [0.2, 0.25) is 0 Å². The van der Waals surface area contributed by atoms with Gasteiger partial charge in [0.15, 0.2) is 0 Å². The fourth-order valence-corrected chi connectivity index (χ4v) is 3.22. The third kappa shape index (κ3) is 6.54. The number of esters is 2. The van der Waals surface area contributed by atoms with Gasteiger partial charge in [-0.15, -0.1) is 0 Å². The highest BCUT2D eigenvalue weighted by Gasteiger charge is 2.12. The van der Waals surface area contributed by atoms with E-state index < -0.39 is 11.9 Å². The van der Waals surface area contributed by atoms with Gasteiger partial charge in [0.2, 0.25) is 5.88 Å². The van der Waals surface area contributed by atoms with E-state index in [4.69, 9.17) is 18.9 Å². The van der Waals surface area contributed by atoms with Gasteiger partial charge in [-0.05, 0) is 43.3 Å². The molecule has 0 N–H and O–H groups in total. The van der Waals surface area contributed by atoms with E-state index in [2.05, 4.69) is 9.97 Å². The highest BCUT2D eigenvalue weighted by molar-refractivity contribution is 5.89. The lowest BCUT2D eigenvalue weighted by molar-refractivity contribution is 0.0444. The lowest BCUT2D eigenvalue weighted by atomic mass is 10.2. The van der Waals surface area contributed by atoms with Crippen molar-refractivity contribution in [3.63, 3.8) is 0 Å². The lowest BCUT2D eigenvalue weighted by Gasteiger charge is -2.12. The van der Waals surface area contributed by atoms with Gasteiger partial charge in [0.25, 0.3) is 0 Å². The first kappa shape index (κ1) is 23.7. The normalized spacial score (nSPS) is 10.5. The third-order valence-corrected chi connectivity index (χ3v) is 4.92. The Kier molecular flexibility index (Phi) is 7.85. The van der Waals surface area contributed by atoms with Gasteiger partial charge in [-0.25, -0.2) is 9.59 Å². The van der Waals surface area contributed by atoms with E-state index in [1.54, 1.807) is 48.5 Å². The fraction of sp³-hybridized carbons (Fsp3) is 0.185. The maximum Gasteiger partial charge on any atom is 0.338 e. The summed E-state index contributed by atoms with van der Waals surface area (Å²) >= 11 is 0. The number of hydrogen-bond acceptors (Lipinski definition) is 8. The summed E-state index contributed by atoms with van der Waals surface area (Å²) in [5.41, 5.74) is 2.59. The van der Waals surface area contributed by atoms with E-state index in [-0.39, 0.29) is 32.4 Å². The van der Waals surface area contributed by atoms with Gasteiger partial charge in [-0.2, -0.15) is 9.97 Å². The molecule has 178 valence electrons. The second-order valence-corrected chi connectivity index (χ2v) is 7.53. The molecule has 1 aromatic heterocycles. The summed E-state index contributed by atoms with van der Waals surface area (Å²) < 4.78 is 21.9. The topological polar surface area (TPSA) is 96.8 Å². The second kappa shape index (κ2) is 11.6. The molecule has 0 aliphatic carbocycles. The number of fused-ring (bicyclic) bond motifs is 1. The summed E-state index contributed by atoms with van der Waals surface area (Å²) in [6.45, 7) is 2.22. The van der Waals surface area contributed by atoms with E-state index in [9.17, 15) is 9.59 Å². The van der Waals surface area contributed by atoms with Gasteiger partial charge in [-0.3, -0.25) is 0 Å². The molecule has 1 heterocycles. The molecule has 0 saturated carbocycles.